The number of ether oxygens (including phenoxy) is 1. The van der Waals surface area contributed by atoms with E-state index < -0.39 is 0 Å². The molecule has 0 bridgehead atoms. The Morgan fingerprint density at radius 1 is 1.57 bits per heavy atom. The van der Waals surface area contributed by atoms with Gasteiger partial charge >= 0.3 is 0 Å². The molecule has 0 fully saturated rings. The Labute approximate surface area is 87.0 Å². The normalized spacial score (nSPS) is 16.7. The fourth-order valence-corrected chi connectivity index (χ4v) is 1.49. The van der Waals surface area contributed by atoms with E-state index in [4.69, 9.17) is 4.74 Å². The topological polar surface area (TPSA) is 21.3 Å². The molecule has 0 aromatic carbocycles. The molecule has 1 aliphatic heterocycles. The van der Waals surface area contributed by atoms with E-state index in [-0.39, 0.29) is 0 Å². The average molecular weight is 195 g/mol. The summed E-state index contributed by atoms with van der Waals surface area (Å²) in [5, 5.41) is 3.38. The molecule has 0 saturated carbocycles. The maximum Gasteiger partial charge on any atom is 0.118 e. The van der Waals surface area contributed by atoms with Crippen LogP contribution in [-0.2, 0) is 4.74 Å². The summed E-state index contributed by atoms with van der Waals surface area (Å²) in [4.78, 5) is 0. The van der Waals surface area contributed by atoms with Gasteiger partial charge in [0, 0.05) is 6.42 Å². The van der Waals surface area contributed by atoms with Crippen LogP contribution in [0.3, 0.4) is 0 Å². The van der Waals surface area contributed by atoms with E-state index in [0.29, 0.717) is 0 Å². The molecule has 1 aliphatic rings. The van der Waals surface area contributed by atoms with Gasteiger partial charge < -0.3 is 10.1 Å². The third kappa shape index (κ3) is 3.97. The average Bonchev–Trinajstić information content (AvgIpc) is 2.70. The van der Waals surface area contributed by atoms with Crippen LogP contribution in [-0.4, -0.2) is 19.7 Å². The predicted molar refractivity (Wildman–Crippen MR) is 60.2 cm³/mol. The minimum atomic E-state index is 0.856. The van der Waals surface area contributed by atoms with Crippen LogP contribution >= 0.6 is 0 Å². The number of hydrogen-bond acceptors (Lipinski definition) is 2. The van der Waals surface area contributed by atoms with Crippen LogP contribution in [0.1, 0.15) is 33.1 Å². The molecule has 0 aromatic rings. The van der Waals surface area contributed by atoms with Crippen LogP contribution in [0.4, 0.5) is 0 Å². The molecule has 0 saturated heterocycles. The lowest BCUT2D eigenvalue weighted by molar-refractivity contribution is 0.252. The van der Waals surface area contributed by atoms with Crippen molar-refractivity contribution < 1.29 is 4.74 Å². The van der Waals surface area contributed by atoms with E-state index in [2.05, 4.69) is 31.3 Å². The maximum absolute atomic E-state index is 5.47. The van der Waals surface area contributed by atoms with Gasteiger partial charge in [0.2, 0.25) is 0 Å². The molecule has 0 unspecified atom stereocenters. The molecule has 1 heterocycles. The standard InChI is InChI=1S/C12H21NO/c1-3-8-13-9-4-6-11(2)12-7-5-10-14-12/h6-7,13H,3-5,8-10H2,1-2H3/b11-6-. The van der Waals surface area contributed by atoms with Crippen molar-refractivity contribution in [3.8, 4) is 0 Å². The van der Waals surface area contributed by atoms with Crippen LogP contribution in [0.15, 0.2) is 23.5 Å². The molecule has 2 heteroatoms. The quantitative estimate of drug-likeness (QED) is 0.658. The lowest BCUT2D eigenvalue weighted by atomic mass is 10.2. The van der Waals surface area contributed by atoms with Crippen molar-refractivity contribution in [2.45, 2.75) is 33.1 Å². The first-order valence-corrected chi connectivity index (χ1v) is 5.55. The van der Waals surface area contributed by atoms with Crippen molar-refractivity contribution in [1.29, 1.82) is 0 Å². The van der Waals surface area contributed by atoms with Gasteiger partial charge in [-0.15, -0.1) is 0 Å². The smallest absolute Gasteiger partial charge is 0.118 e. The van der Waals surface area contributed by atoms with Crippen molar-refractivity contribution in [1.82, 2.24) is 5.32 Å². The first-order chi connectivity index (χ1) is 6.84. The second-order valence-corrected chi connectivity index (χ2v) is 3.63. The maximum atomic E-state index is 5.47. The van der Waals surface area contributed by atoms with Crippen molar-refractivity contribution in [3.63, 3.8) is 0 Å². The highest BCUT2D eigenvalue weighted by Crippen LogP contribution is 2.17. The van der Waals surface area contributed by atoms with Crippen molar-refractivity contribution in [2.24, 2.45) is 0 Å². The largest absolute Gasteiger partial charge is 0.493 e. The second-order valence-electron chi connectivity index (χ2n) is 3.63. The molecular weight excluding hydrogens is 174 g/mol. The van der Waals surface area contributed by atoms with Crippen LogP contribution in [0.5, 0.6) is 0 Å². The zero-order valence-corrected chi connectivity index (χ0v) is 9.31. The molecule has 0 aliphatic carbocycles. The van der Waals surface area contributed by atoms with E-state index >= 15 is 0 Å². The molecule has 0 aromatic heterocycles. The van der Waals surface area contributed by atoms with Gasteiger partial charge in [0.25, 0.3) is 0 Å². The Morgan fingerprint density at radius 2 is 2.43 bits per heavy atom. The Morgan fingerprint density at radius 3 is 3.07 bits per heavy atom. The van der Waals surface area contributed by atoms with Crippen LogP contribution in [0.2, 0.25) is 0 Å². The van der Waals surface area contributed by atoms with Gasteiger partial charge in [0.15, 0.2) is 0 Å². The molecule has 14 heavy (non-hydrogen) atoms. The third-order valence-electron chi connectivity index (χ3n) is 2.29. The van der Waals surface area contributed by atoms with E-state index in [1.54, 1.807) is 0 Å². The lowest BCUT2D eigenvalue weighted by Gasteiger charge is -2.04. The van der Waals surface area contributed by atoms with Crippen molar-refractivity contribution >= 4 is 0 Å². The van der Waals surface area contributed by atoms with Crippen LogP contribution in [0, 0.1) is 0 Å². The lowest BCUT2D eigenvalue weighted by Crippen LogP contribution is -2.15. The summed E-state index contributed by atoms with van der Waals surface area (Å²) in [6, 6.07) is 0. The second kappa shape index (κ2) is 6.66. The first-order valence-electron chi connectivity index (χ1n) is 5.55. The molecule has 0 spiro atoms. The minimum Gasteiger partial charge on any atom is -0.493 e. The van der Waals surface area contributed by atoms with Crippen LogP contribution < -0.4 is 5.32 Å². The van der Waals surface area contributed by atoms with Crippen molar-refractivity contribution in [3.05, 3.63) is 23.5 Å². The van der Waals surface area contributed by atoms with Crippen LogP contribution in [0.25, 0.3) is 0 Å². The summed E-state index contributed by atoms with van der Waals surface area (Å²) in [6.45, 7) is 7.35. The molecule has 1 rings (SSSR count). The Kier molecular flexibility index (Phi) is 5.38. The highest BCUT2D eigenvalue weighted by atomic mass is 16.5. The fourth-order valence-electron chi connectivity index (χ4n) is 1.49. The fraction of sp³-hybridized carbons (Fsp3) is 0.667. The predicted octanol–water partition coefficient (Wildman–Crippen LogP) is 2.63. The number of rotatable bonds is 6. The van der Waals surface area contributed by atoms with E-state index in [1.165, 1.54) is 12.0 Å². The summed E-state index contributed by atoms with van der Waals surface area (Å²) in [7, 11) is 0. The molecule has 0 radical (unpaired) electrons. The number of nitrogens with one attached hydrogen (secondary N) is 1. The number of hydrogen-bond donors (Lipinski definition) is 1. The number of allylic oxidation sites excluding steroid dienone is 1. The van der Waals surface area contributed by atoms with E-state index in [9.17, 15) is 0 Å². The molecular formula is C12H21NO. The summed E-state index contributed by atoms with van der Waals surface area (Å²) in [5.41, 5.74) is 1.28. The SMILES string of the molecule is CCCNCC/C=C(/C)C1=CCCO1. The highest BCUT2D eigenvalue weighted by Gasteiger charge is 2.05. The molecule has 0 amide bonds. The molecule has 2 nitrogen and oxygen atoms in total. The van der Waals surface area contributed by atoms with Gasteiger partial charge in [-0.1, -0.05) is 13.0 Å². The van der Waals surface area contributed by atoms with Gasteiger partial charge in [0.1, 0.15) is 5.76 Å². The monoisotopic (exact) mass is 195 g/mol. The Bertz CT molecular complexity index is 218. The van der Waals surface area contributed by atoms with E-state index in [0.717, 1.165) is 38.3 Å². The summed E-state index contributed by atoms with van der Waals surface area (Å²) < 4.78 is 5.47. The molecule has 80 valence electrons. The van der Waals surface area contributed by atoms with Crippen molar-refractivity contribution in [2.75, 3.05) is 19.7 Å². The highest BCUT2D eigenvalue weighted by molar-refractivity contribution is 5.25. The van der Waals surface area contributed by atoms with E-state index in [1.807, 2.05) is 0 Å². The zero-order valence-electron chi connectivity index (χ0n) is 9.31. The summed E-state index contributed by atoms with van der Waals surface area (Å²) in [6.07, 6.45) is 7.78. The molecule has 0 atom stereocenters. The Hall–Kier alpha value is -0.760. The molecule has 1 N–H and O–H groups in total. The zero-order chi connectivity index (χ0) is 10.2. The van der Waals surface area contributed by atoms with Gasteiger partial charge in [-0.3, -0.25) is 0 Å². The third-order valence-corrected chi connectivity index (χ3v) is 2.29. The summed E-state index contributed by atoms with van der Waals surface area (Å²) >= 11 is 0. The summed E-state index contributed by atoms with van der Waals surface area (Å²) in [5.74, 6) is 1.08. The minimum absolute atomic E-state index is 0.856. The van der Waals surface area contributed by atoms with Gasteiger partial charge in [-0.25, -0.2) is 0 Å². The van der Waals surface area contributed by atoms with Gasteiger partial charge in [-0.2, -0.15) is 0 Å². The first kappa shape index (κ1) is 11.3. The Balaban J connectivity index is 2.16. The van der Waals surface area contributed by atoms with Gasteiger partial charge in [-0.05, 0) is 44.5 Å². The van der Waals surface area contributed by atoms with Gasteiger partial charge in [0.05, 0.1) is 6.61 Å².